The molecule has 13 heavy (non-hydrogen) atoms. The highest BCUT2D eigenvalue weighted by atomic mass is 79.9. The van der Waals surface area contributed by atoms with Gasteiger partial charge < -0.3 is 5.32 Å². The van der Waals surface area contributed by atoms with E-state index >= 15 is 0 Å². The minimum atomic E-state index is -0.0984. The molecule has 2 nitrogen and oxygen atoms in total. The average molecular weight is 315 g/mol. The molecule has 0 aliphatic heterocycles. The summed E-state index contributed by atoms with van der Waals surface area (Å²) in [5, 5.41) is 3.54. The molecule has 1 atom stereocenters. The SMILES string of the molecule is CCCCCCNC(=O)C(Br)CBr. The summed E-state index contributed by atoms with van der Waals surface area (Å²) in [6.45, 7) is 2.98. The van der Waals surface area contributed by atoms with Crippen LogP contribution in [-0.2, 0) is 4.79 Å². The second kappa shape index (κ2) is 9.00. The molecule has 0 aromatic rings. The monoisotopic (exact) mass is 313 g/mol. The van der Waals surface area contributed by atoms with Crippen LogP contribution in [0.15, 0.2) is 0 Å². The molecule has 0 heterocycles. The van der Waals surface area contributed by atoms with Gasteiger partial charge in [0.2, 0.25) is 5.91 Å². The van der Waals surface area contributed by atoms with E-state index in [-0.39, 0.29) is 10.7 Å². The molecule has 0 saturated heterocycles. The second-order valence-electron chi connectivity index (χ2n) is 2.97. The molecule has 0 radical (unpaired) electrons. The van der Waals surface area contributed by atoms with Gasteiger partial charge in [-0.1, -0.05) is 58.0 Å². The van der Waals surface area contributed by atoms with Crippen molar-refractivity contribution in [1.29, 1.82) is 0 Å². The molecule has 0 bridgehead atoms. The van der Waals surface area contributed by atoms with Gasteiger partial charge in [0.15, 0.2) is 0 Å². The maximum absolute atomic E-state index is 11.2. The first-order chi connectivity index (χ1) is 6.22. The molecule has 0 spiro atoms. The maximum atomic E-state index is 11.2. The molecule has 78 valence electrons. The quantitative estimate of drug-likeness (QED) is 0.568. The molecular weight excluding hydrogens is 298 g/mol. The van der Waals surface area contributed by atoms with Gasteiger partial charge in [-0.15, -0.1) is 0 Å². The summed E-state index contributed by atoms with van der Waals surface area (Å²) in [5.41, 5.74) is 0. The predicted molar refractivity (Wildman–Crippen MR) is 63.7 cm³/mol. The summed E-state index contributed by atoms with van der Waals surface area (Å²) in [7, 11) is 0. The van der Waals surface area contributed by atoms with Crippen LogP contribution in [0.2, 0.25) is 0 Å². The number of halogens is 2. The van der Waals surface area contributed by atoms with Gasteiger partial charge in [-0.25, -0.2) is 0 Å². The van der Waals surface area contributed by atoms with Gasteiger partial charge in [0, 0.05) is 11.9 Å². The number of unbranched alkanes of at least 4 members (excludes halogenated alkanes) is 3. The Morgan fingerprint density at radius 3 is 2.62 bits per heavy atom. The molecule has 1 unspecified atom stereocenters. The second-order valence-corrected chi connectivity index (χ2v) is 4.73. The molecule has 4 heteroatoms. The third kappa shape index (κ3) is 7.50. The van der Waals surface area contributed by atoms with Gasteiger partial charge in [0.1, 0.15) is 4.83 Å². The highest BCUT2D eigenvalue weighted by Crippen LogP contribution is 2.03. The number of amides is 1. The van der Waals surface area contributed by atoms with Crippen molar-refractivity contribution < 1.29 is 4.79 Å². The van der Waals surface area contributed by atoms with Gasteiger partial charge >= 0.3 is 0 Å². The van der Waals surface area contributed by atoms with E-state index in [0.29, 0.717) is 5.33 Å². The smallest absolute Gasteiger partial charge is 0.234 e. The Hall–Kier alpha value is 0.430. The lowest BCUT2D eigenvalue weighted by Crippen LogP contribution is -2.32. The van der Waals surface area contributed by atoms with E-state index in [4.69, 9.17) is 0 Å². The van der Waals surface area contributed by atoms with Gasteiger partial charge in [0.05, 0.1) is 0 Å². The predicted octanol–water partition coefficient (Wildman–Crippen LogP) is 2.84. The Labute approximate surface area is 97.1 Å². The summed E-state index contributed by atoms with van der Waals surface area (Å²) in [5.74, 6) is 0.0772. The lowest BCUT2D eigenvalue weighted by molar-refractivity contribution is -0.120. The largest absolute Gasteiger partial charge is 0.355 e. The van der Waals surface area contributed by atoms with Crippen molar-refractivity contribution in [3.05, 3.63) is 0 Å². The zero-order valence-corrected chi connectivity index (χ0v) is 11.2. The van der Waals surface area contributed by atoms with Crippen molar-refractivity contribution in [1.82, 2.24) is 5.32 Å². The third-order valence-electron chi connectivity index (χ3n) is 1.75. The van der Waals surface area contributed by atoms with Gasteiger partial charge in [-0.3, -0.25) is 4.79 Å². The van der Waals surface area contributed by atoms with Crippen molar-refractivity contribution in [2.45, 2.75) is 37.4 Å². The van der Waals surface area contributed by atoms with Crippen LogP contribution in [0.3, 0.4) is 0 Å². The molecule has 0 fully saturated rings. The summed E-state index contributed by atoms with van der Waals surface area (Å²) in [6, 6.07) is 0. The Morgan fingerprint density at radius 2 is 2.08 bits per heavy atom. The maximum Gasteiger partial charge on any atom is 0.234 e. The van der Waals surface area contributed by atoms with Gasteiger partial charge in [0.25, 0.3) is 0 Å². The minimum Gasteiger partial charge on any atom is -0.355 e. The molecule has 0 rings (SSSR count). The fourth-order valence-electron chi connectivity index (χ4n) is 0.944. The van der Waals surface area contributed by atoms with E-state index in [1.807, 2.05) is 0 Å². The highest BCUT2D eigenvalue weighted by molar-refractivity contribution is 9.12. The average Bonchev–Trinajstić information content (AvgIpc) is 2.16. The number of carbonyl (C=O) groups excluding carboxylic acids is 1. The van der Waals surface area contributed by atoms with Crippen LogP contribution in [0.1, 0.15) is 32.6 Å². The fourth-order valence-corrected chi connectivity index (χ4v) is 1.40. The van der Waals surface area contributed by atoms with Crippen LogP contribution in [0.4, 0.5) is 0 Å². The normalized spacial score (nSPS) is 12.5. The zero-order valence-electron chi connectivity index (χ0n) is 7.98. The first kappa shape index (κ1) is 13.4. The van der Waals surface area contributed by atoms with E-state index in [9.17, 15) is 4.79 Å². The van der Waals surface area contributed by atoms with E-state index in [1.165, 1.54) is 19.3 Å². The van der Waals surface area contributed by atoms with E-state index in [2.05, 4.69) is 44.1 Å². The third-order valence-corrected chi connectivity index (χ3v) is 4.01. The summed E-state index contributed by atoms with van der Waals surface area (Å²) in [6.07, 6.45) is 4.78. The number of rotatable bonds is 7. The van der Waals surface area contributed by atoms with Gasteiger partial charge in [-0.2, -0.15) is 0 Å². The Bertz CT molecular complexity index is 142. The fraction of sp³-hybridized carbons (Fsp3) is 0.889. The van der Waals surface area contributed by atoms with E-state index in [1.54, 1.807) is 0 Å². The number of alkyl halides is 2. The Kier molecular flexibility index (Phi) is 9.30. The standard InChI is InChI=1S/C9H17Br2NO/c1-2-3-4-5-6-12-9(13)8(11)7-10/h8H,2-7H2,1H3,(H,12,13). The molecule has 0 aromatic carbocycles. The van der Waals surface area contributed by atoms with Crippen LogP contribution in [-0.4, -0.2) is 22.6 Å². The lowest BCUT2D eigenvalue weighted by atomic mass is 10.2. The van der Waals surface area contributed by atoms with Gasteiger partial charge in [-0.05, 0) is 6.42 Å². The molecule has 0 aliphatic rings. The van der Waals surface area contributed by atoms with Crippen molar-refractivity contribution in [2.75, 3.05) is 11.9 Å². The van der Waals surface area contributed by atoms with Crippen LogP contribution in [0, 0.1) is 0 Å². The van der Waals surface area contributed by atoms with Crippen LogP contribution in [0.5, 0.6) is 0 Å². The molecule has 0 aromatic heterocycles. The number of hydrogen-bond donors (Lipinski definition) is 1. The topological polar surface area (TPSA) is 29.1 Å². The van der Waals surface area contributed by atoms with E-state index < -0.39 is 0 Å². The first-order valence-corrected chi connectivity index (χ1v) is 6.73. The number of hydrogen-bond acceptors (Lipinski definition) is 1. The van der Waals surface area contributed by atoms with Crippen molar-refractivity contribution in [2.24, 2.45) is 0 Å². The molecule has 0 aliphatic carbocycles. The summed E-state index contributed by atoms with van der Waals surface area (Å²) in [4.78, 5) is 11.1. The van der Waals surface area contributed by atoms with Crippen molar-refractivity contribution in [3.63, 3.8) is 0 Å². The number of carbonyl (C=O) groups is 1. The van der Waals surface area contributed by atoms with Crippen molar-refractivity contribution in [3.8, 4) is 0 Å². The Balaban J connectivity index is 3.27. The number of nitrogens with one attached hydrogen (secondary N) is 1. The zero-order chi connectivity index (χ0) is 10.1. The van der Waals surface area contributed by atoms with Crippen LogP contribution >= 0.6 is 31.9 Å². The summed E-state index contributed by atoms with van der Waals surface area (Å²) >= 11 is 6.51. The Morgan fingerprint density at radius 1 is 1.38 bits per heavy atom. The highest BCUT2D eigenvalue weighted by Gasteiger charge is 2.11. The molecule has 0 saturated carbocycles. The minimum absolute atomic E-state index is 0.0772. The first-order valence-electron chi connectivity index (χ1n) is 4.70. The molecular formula is C9H17Br2NO. The molecule has 1 amide bonds. The van der Waals surface area contributed by atoms with Crippen molar-refractivity contribution >= 4 is 37.8 Å². The lowest BCUT2D eigenvalue weighted by Gasteiger charge is -2.07. The summed E-state index contributed by atoms with van der Waals surface area (Å²) < 4.78 is 0. The molecule has 1 N–H and O–H groups in total. The van der Waals surface area contributed by atoms with Crippen LogP contribution in [0.25, 0.3) is 0 Å². The van der Waals surface area contributed by atoms with E-state index in [0.717, 1.165) is 13.0 Å². The van der Waals surface area contributed by atoms with Crippen LogP contribution < -0.4 is 5.32 Å².